The highest BCUT2D eigenvalue weighted by molar-refractivity contribution is 7.99. The molecule has 144 valence electrons. The summed E-state index contributed by atoms with van der Waals surface area (Å²) in [6.07, 6.45) is 15.0. The average Bonchev–Trinajstić information content (AvgIpc) is 3.45. The average molecular weight is 377 g/mol. The highest BCUT2D eigenvalue weighted by Crippen LogP contribution is 2.39. The summed E-state index contributed by atoms with van der Waals surface area (Å²) in [5.41, 5.74) is 0. The van der Waals surface area contributed by atoms with Crippen LogP contribution in [0, 0.1) is 0 Å². The van der Waals surface area contributed by atoms with Gasteiger partial charge in [-0.3, -0.25) is 4.79 Å². The third-order valence-corrected chi connectivity index (χ3v) is 7.36. The van der Waals surface area contributed by atoms with Crippen molar-refractivity contribution in [3.05, 3.63) is 5.82 Å². The van der Waals surface area contributed by atoms with E-state index >= 15 is 0 Å². The van der Waals surface area contributed by atoms with Crippen molar-refractivity contribution in [3.63, 3.8) is 0 Å². The van der Waals surface area contributed by atoms with Gasteiger partial charge in [0.15, 0.2) is 5.16 Å². The van der Waals surface area contributed by atoms with E-state index in [9.17, 15) is 4.79 Å². The Morgan fingerprint density at radius 3 is 2.08 bits per heavy atom. The molecule has 3 fully saturated rings. The number of carbonyl (C=O) groups excluding carboxylic acids is 1. The van der Waals surface area contributed by atoms with E-state index in [1.54, 1.807) is 11.8 Å². The fourth-order valence-electron chi connectivity index (χ4n) is 4.77. The van der Waals surface area contributed by atoms with E-state index in [0.717, 1.165) is 11.0 Å². The van der Waals surface area contributed by atoms with Gasteiger partial charge in [-0.25, -0.2) is 0 Å². The van der Waals surface area contributed by atoms with Gasteiger partial charge >= 0.3 is 0 Å². The van der Waals surface area contributed by atoms with Crippen LogP contribution in [0.3, 0.4) is 0 Å². The second kappa shape index (κ2) is 8.32. The Kier molecular flexibility index (Phi) is 5.87. The van der Waals surface area contributed by atoms with Crippen LogP contribution in [-0.4, -0.2) is 43.4 Å². The third-order valence-electron chi connectivity index (χ3n) is 6.36. The van der Waals surface area contributed by atoms with E-state index in [2.05, 4.69) is 19.7 Å². The van der Waals surface area contributed by atoms with E-state index in [0.29, 0.717) is 29.7 Å². The molecular formula is C20H32N4OS. The maximum Gasteiger partial charge on any atom is 0.233 e. The number of amides is 1. The molecule has 3 saturated carbocycles. The Hall–Kier alpha value is -1.04. The van der Waals surface area contributed by atoms with Crippen LogP contribution in [-0.2, 0) is 11.8 Å². The minimum absolute atomic E-state index is 0.324. The lowest BCUT2D eigenvalue weighted by Gasteiger charge is -2.41. The second-order valence-electron chi connectivity index (χ2n) is 8.35. The molecule has 1 aromatic heterocycles. The molecule has 0 unspecified atom stereocenters. The van der Waals surface area contributed by atoms with Crippen LogP contribution in [0.1, 0.15) is 88.8 Å². The molecule has 4 rings (SSSR count). The SMILES string of the molecule is Cn1c(SCC(=O)N(C2CCCCC2)C2CCCCC2)nnc1C1CC1. The highest BCUT2D eigenvalue weighted by atomic mass is 32.2. The third kappa shape index (κ3) is 4.10. The topological polar surface area (TPSA) is 51.0 Å². The molecule has 1 amide bonds. The number of thioether (sulfide) groups is 1. The Balaban J connectivity index is 1.41. The molecule has 0 spiro atoms. The molecule has 3 aliphatic carbocycles. The number of aromatic nitrogens is 3. The van der Waals surface area contributed by atoms with Crippen molar-refractivity contribution < 1.29 is 4.79 Å². The standard InChI is InChI=1S/C20H32N4OS/c1-23-19(15-12-13-15)21-22-20(23)26-14-18(25)24(16-8-4-2-5-9-16)17-10-6-3-7-11-17/h15-17H,2-14H2,1H3. The molecule has 1 aromatic rings. The highest BCUT2D eigenvalue weighted by Gasteiger charge is 2.33. The summed E-state index contributed by atoms with van der Waals surface area (Å²) in [5.74, 6) is 2.52. The van der Waals surface area contributed by atoms with Crippen molar-refractivity contribution in [3.8, 4) is 0 Å². The first-order chi connectivity index (χ1) is 12.7. The van der Waals surface area contributed by atoms with Crippen molar-refractivity contribution in [1.29, 1.82) is 0 Å². The molecular weight excluding hydrogens is 344 g/mol. The summed E-state index contributed by atoms with van der Waals surface area (Å²) in [6.45, 7) is 0. The molecule has 0 aliphatic heterocycles. The summed E-state index contributed by atoms with van der Waals surface area (Å²) in [5, 5.41) is 9.58. The van der Waals surface area contributed by atoms with Crippen LogP contribution in [0.2, 0.25) is 0 Å². The minimum Gasteiger partial charge on any atom is -0.336 e. The van der Waals surface area contributed by atoms with Crippen LogP contribution < -0.4 is 0 Å². The summed E-state index contributed by atoms with van der Waals surface area (Å²) >= 11 is 1.58. The number of hydrogen-bond donors (Lipinski definition) is 0. The zero-order valence-electron chi connectivity index (χ0n) is 16.0. The summed E-state index contributed by atoms with van der Waals surface area (Å²) in [7, 11) is 2.04. The monoisotopic (exact) mass is 376 g/mol. The van der Waals surface area contributed by atoms with Crippen molar-refractivity contribution in [1.82, 2.24) is 19.7 Å². The summed E-state index contributed by atoms with van der Waals surface area (Å²) in [6, 6.07) is 0.947. The van der Waals surface area contributed by atoms with Gasteiger partial charge in [0.2, 0.25) is 5.91 Å². The largest absolute Gasteiger partial charge is 0.336 e. The molecule has 6 heteroatoms. The molecule has 0 radical (unpaired) electrons. The van der Waals surface area contributed by atoms with Crippen molar-refractivity contribution in [2.24, 2.45) is 7.05 Å². The molecule has 1 heterocycles. The Morgan fingerprint density at radius 1 is 0.962 bits per heavy atom. The van der Waals surface area contributed by atoms with E-state index in [-0.39, 0.29) is 0 Å². The van der Waals surface area contributed by atoms with Gasteiger partial charge in [-0.1, -0.05) is 50.3 Å². The van der Waals surface area contributed by atoms with Crippen LogP contribution in [0.15, 0.2) is 5.16 Å². The molecule has 3 aliphatic rings. The number of carbonyl (C=O) groups is 1. The molecule has 26 heavy (non-hydrogen) atoms. The van der Waals surface area contributed by atoms with E-state index in [1.807, 2.05) is 7.05 Å². The Bertz CT molecular complexity index is 597. The smallest absolute Gasteiger partial charge is 0.233 e. The quantitative estimate of drug-likeness (QED) is 0.696. The first kappa shape index (κ1) is 18.3. The van der Waals surface area contributed by atoms with Crippen LogP contribution in [0.5, 0.6) is 0 Å². The van der Waals surface area contributed by atoms with Crippen LogP contribution in [0.25, 0.3) is 0 Å². The van der Waals surface area contributed by atoms with Gasteiger partial charge in [0.05, 0.1) is 5.75 Å². The van der Waals surface area contributed by atoms with Gasteiger partial charge in [0.25, 0.3) is 0 Å². The lowest BCUT2D eigenvalue weighted by molar-refractivity contribution is -0.135. The number of rotatable bonds is 6. The normalized spacial score (nSPS) is 22.5. The van der Waals surface area contributed by atoms with Gasteiger partial charge in [0, 0.05) is 25.0 Å². The lowest BCUT2D eigenvalue weighted by atomic mass is 9.88. The Morgan fingerprint density at radius 2 is 1.54 bits per heavy atom. The minimum atomic E-state index is 0.324. The Labute approximate surface area is 161 Å². The molecule has 0 aromatic carbocycles. The van der Waals surface area contributed by atoms with Crippen molar-refractivity contribution >= 4 is 17.7 Å². The van der Waals surface area contributed by atoms with Gasteiger partial charge < -0.3 is 9.47 Å². The zero-order valence-corrected chi connectivity index (χ0v) is 16.8. The maximum absolute atomic E-state index is 13.2. The van der Waals surface area contributed by atoms with Crippen molar-refractivity contribution in [2.45, 2.75) is 100 Å². The van der Waals surface area contributed by atoms with E-state index < -0.39 is 0 Å². The van der Waals surface area contributed by atoms with Crippen LogP contribution in [0.4, 0.5) is 0 Å². The first-order valence-corrected chi connectivity index (χ1v) is 11.6. The molecule has 0 N–H and O–H groups in total. The molecule has 0 bridgehead atoms. The van der Waals surface area contributed by atoms with Crippen molar-refractivity contribution in [2.75, 3.05) is 5.75 Å². The van der Waals surface area contributed by atoms with Gasteiger partial charge in [0.1, 0.15) is 5.82 Å². The molecule has 0 saturated heterocycles. The van der Waals surface area contributed by atoms with Gasteiger partial charge in [-0.05, 0) is 38.5 Å². The van der Waals surface area contributed by atoms with Gasteiger partial charge in [-0.15, -0.1) is 10.2 Å². The molecule has 5 nitrogen and oxygen atoms in total. The van der Waals surface area contributed by atoms with E-state index in [1.165, 1.54) is 77.0 Å². The first-order valence-electron chi connectivity index (χ1n) is 10.6. The summed E-state index contributed by atoms with van der Waals surface area (Å²) in [4.78, 5) is 15.5. The molecule has 0 atom stereocenters. The second-order valence-corrected chi connectivity index (χ2v) is 9.29. The zero-order chi connectivity index (χ0) is 17.9. The summed E-state index contributed by atoms with van der Waals surface area (Å²) < 4.78 is 2.10. The van der Waals surface area contributed by atoms with E-state index in [4.69, 9.17) is 0 Å². The number of hydrogen-bond acceptors (Lipinski definition) is 4. The fraction of sp³-hybridized carbons (Fsp3) is 0.850. The fourth-order valence-corrected chi connectivity index (χ4v) is 5.56. The van der Waals surface area contributed by atoms with Gasteiger partial charge in [-0.2, -0.15) is 0 Å². The number of nitrogens with zero attached hydrogens (tertiary/aromatic N) is 4. The lowest BCUT2D eigenvalue weighted by Crippen LogP contribution is -2.49. The maximum atomic E-state index is 13.2. The van der Waals surface area contributed by atoms with Crippen LogP contribution >= 0.6 is 11.8 Å². The predicted molar refractivity (Wildman–Crippen MR) is 104 cm³/mol. The predicted octanol–water partition coefficient (Wildman–Crippen LogP) is 4.28.